The number of hydrogen-bond acceptors (Lipinski definition) is 6. The van der Waals surface area contributed by atoms with Gasteiger partial charge in [-0.25, -0.2) is 14.4 Å². The first kappa shape index (κ1) is 21.0. The fraction of sp³-hybridized carbons (Fsp3) is 0.286. The van der Waals surface area contributed by atoms with Crippen LogP contribution in [-0.2, 0) is 20.8 Å². The highest BCUT2D eigenvalue weighted by molar-refractivity contribution is 5.92. The van der Waals surface area contributed by atoms with Gasteiger partial charge in [0.05, 0.1) is 18.2 Å². The molecule has 0 radical (unpaired) electrons. The summed E-state index contributed by atoms with van der Waals surface area (Å²) < 4.78 is 15.1. The van der Waals surface area contributed by atoms with Crippen LogP contribution < -0.4 is 5.32 Å². The van der Waals surface area contributed by atoms with Crippen molar-refractivity contribution in [3.63, 3.8) is 0 Å². The third-order valence-electron chi connectivity index (χ3n) is 3.49. The number of nitrogens with one attached hydrogen (secondary N) is 1. The van der Waals surface area contributed by atoms with E-state index in [0.29, 0.717) is 16.8 Å². The molecule has 0 spiro atoms. The summed E-state index contributed by atoms with van der Waals surface area (Å²) in [5.74, 6) is -0.970. The lowest BCUT2D eigenvalue weighted by atomic mass is 10.1. The summed E-state index contributed by atoms with van der Waals surface area (Å²) >= 11 is 0. The van der Waals surface area contributed by atoms with E-state index in [4.69, 9.17) is 9.47 Å². The van der Waals surface area contributed by atoms with Crippen LogP contribution >= 0.6 is 0 Å². The van der Waals surface area contributed by atoms with Crippen molar-refractivity contribution in [1.82, 2.24) is 0 Å². The minimum Gasteiger partial charge on any atom is -0.465 e. The largest absolute Gasteiger partial charge is 0.465 e. The van der Waals surface area contributed by atoms with Crippen LogP contribution in [-0.4, -0.2) is 30.7 Å². The number of hydrogen-bond donors (Lipinski definition) is 1. The molecule has 2 rings (SSSR count). The van der Waals surface area contributed by atoms with E-state index in [2.05, 4.69) is 10.1 Å². The molecule has 2 aromatic carbocycles. The molecule has 0 saturated heterocycles. The van der Waals surface area contributed by atoms with E-state index in [1.54, 1.807) is 63.2 Å². The van der Waals surface area contributed by atoms with E-state index in [1.807, 2.05) is 0 Å². The number of carbonyl (C=O) groups excluding carboxylic acids is 3. The summed E-state index contributed by atoms with van der Waals surface area (Å²) in [7, 11) is 1.31. The minimum absolute atomic E-state index is 0.0456. The van der Waals surface area contributed by atoms with Gasteiger partial charge in [0, 0.05) is 5.69 Å². The second-order valence-corrected chi connectivity index (χ2v) is 6.97. The Balaban J connectivity index is 1.95. The molecule has 0 heterocycles. The number of methoxy groups -OCH3 is 1. The van der Waals surface area contributed by atoms with Gasteiger partial charge in [-0.1, -0.05) is 18.2 Å². The topological polar surface area (TPSA) is 90.9 Å². The van der Waals surface area contributed by atoms with Crippen LogP contribution in [0.2, 0.25) is 0 Å². The number of ether oxygens (including phenoxy) is 3. The number of benzene rings is 2. The van der Waals surface area contributed by atoms with Crippen LogP contribution in [0.15, 0.2) is 48.5 Å². The molecule has 2 aromatic rings. The summed E-state index contributed by atoms with van der Waals surface area (Å²) in [5, 5.41) is 2.58. The van der Waals surface area contributed by atoms with E-state index in [1.165, 1.54) is 13.2 Å². The Hall–Kier alpha value is -3.35. The lowest BCUT2D eigenvalue weighted by Crippen LogP contribution is -2.27. The first-order chi connectivity index (χ1) is 13.2. The van der Waals surface area contributed by atoms with E-state index in [0.717, 1.165) is 5.56 Å². The van der Waals surface area contributed by atoms with Crippen LogP contribution in [0.3, 0.4) is 0 Å². The van der Waals surface area contributed by atoms with Gasteiger partial charge in [0.1, 0.15) is 12.2 Å². The monoisotopic (exact) mass is 385 g/mol. The number of carbonyl (C=O) groups is 3. The van der Waals surface area contributed by atoms with Crippen LogP contribution in [0.1, 0.15) is 47.1 Å². The number of rotatable bonds is 5. The molecule has 0 aliphatic carbocycles. The van der Waals surface area contributed by atoms with Gasteiger partial charge in [0.15, 0.2) is 0 Å². The Morgan fingerprint density at radius 3 is 2.21 bits per heavy atom. The van der Waals surface area contributed by atoms with E-state index < -0.39 is 23.6 Å². The second-order valence-electron chi connectivity index (χ2n) is 6.97. The third-order valence-corrected chi connectivity index (χ3v) is 3.49. The molecule has 7 nitrogen and oxygen atoms in total. The molecule has 0 fully saturated rings. The first-order valence-electron chi connectivity index (χ1n) is 8.62. The highest BCUT2D eigenvalue weighted by Crippen LogP contribution is 2.15. The number of esters is 2. The first-order valence-corrected chi connectivity index (χ1v) is 8.62. The molecule has 1 N–H and O–H groups in total. The summed E-state index contributed by atoms with van der Waals surface area (Å²) in [5.41, 5.74) is 1.23. The highest BCUT2D eigenvalue weighted by atomic mass is 16.6. The van der Waals surface area contributed by atoms with Crippen molar-refractivity contribution in [3.8, 4) is 0 Å². The predicted octanol–water partition coefficient (Wildman–Crippen LogP) is 4.18. The zero-order valence-corrected chi connectivity index (χ0v) is 16.3. The lowest BCUT2D eigenvalue weighted by molar-refractivity contribution is 0.0470. The molecule has 148 valence electrons. The van der Waals surface area contributed by atoms with Gasteiger partial charge in [-0.2, -0.15) is 0 Å². The van der Waals surface area contributed by atoms with Gasteiger partial charge in [-0.15, -0.1) is 0 Å². The van der Waals surface area contributed by atoms with Gasteiger partial charge in [-0.3, -0.25) is 5.32 Å². The molecule has 0 aliphatic heterocycles. The minimum atomic E-state index is -0.621. The van der Waals surface area contributed by atoms with Crippen molar-refractivity contribution >= 4 is 23.7 Å². The quantitative estimate of drug-likeness (QED) is 0.613. The molecule has 0 atom stereocenters. The van der Waals surface area contributed by atoms with Crippen molar-refractivity contribution in [2.75, 3.05) is 12.4 Å². The molecule has 1 amide bonds. The third kappa shape index (κ3) is 6.42. The molecule has 7 heteroatoms. The zero-order chi connectivity index (χ0) is 20.7. The smallest absolute Gasteiger partial charge is 0.412 e. The van der Waals surface area contributed by atoms with Crippen LogP contribution in [0.5, 0.6) is 0 Å². The van der Waals surface area contributed by atoms with Gasteiger partial charge in [0.2, 0.25) is 0 Å². The Labute approximate surface area is 163 Å². The SMILES string of the molecule is COC(=O)c1ccc(COC(=O)c2cccc(NC(=O)OC(C)(C)C)c2)cc1. The Kier molecular flexibility index (Phi) is 6.76. The highest BCUT2D eigenvalue weighted by Gasteiger charge is 2.17. The summed E-state index contributed by atoms with van der Waals surface area (Å²) in [6.07, 6.45) is -0.608. The van der Waals surface area contributed by atoms with Crippen LogP contribution in [0.25, 0.3) is 0 Å². The van der Waals surface area contributed by atoms with Gasteiger partial charge < -0.3 is 14.2 Å². The fourth-order valence-electron chi connectivity index (χ4n) is 2.23. The molecule has 28 heavy (non-hydrogen) atoms. The fourth-order valence-corrected chi connectivity index (χ4v) is 2.23. The molecular weight excluding hydrogens is 362 g/mol. The van der Waals surface area contributed by atoms with Crippen molar-refractivity contribution in [3.05, 3.63) is 65.2 Å². The maximum Gasteiger partial charge on any atom is 0.412 e. The van der Waals surface area contributed by atoms with Crippen molar-refractivity contribution < 1.29 is 28.6 Å². The standard InChI is InChI=1S/C21H23NO6/c1-21(2,3)28-20(25)22-17-7-5-6-16(12-17)19(24)27-13-14-8-10-15(11-9-14)18(23)26-4/h5-12H,13H2,1-4H3,(H,22,25). The van der Waals surface area contributed by atoms with Gasteiger partial charge in [0.25, 0.3) is 0 Å². The Morgan fingerprint density at radius 1 is 0.929 bits per heavy atom. The molecule has 0 bridgehead atoms. The van der Waals surface area contributed by atoms with Gasteiger partial charge >= 0.3 is 18.0 Å². The van der Waals surface area contributed by atoms with Crippen LogP contribution in [0.4, 0.5) is 10.5 Å². The Bertz CT molecular complexity index is 852. The average molecular weight is 385 g/mol. The van der Waals surface area contributed by atoms with Crippen LogP contribution in [0, 0.1) is 0 Å². The molecule has 0 aromatic heterocycles. The molecular formula is C21H23NO6. The maximum atomic E-state index is 12.3. The normalized spacial score (nSPS) is 10.7. The van der Waals surface area contributed by atoms with E-state index in [9.17, 15) is 14.4 Å². The van der Waals surface area contributed by atoms with Gasteiger partial charge in [-0.05, 0) is 56.7 Å². The summed E-state index contributed by atoms with van der Waals surface area (Å²) in [4.78, 5) is 35.5. The second kappa shape index (κ2) is 9.03. The Morgan fingerprint density at radius 2 is 1.61 bits per heavy atom. The lowest BCUT2D eigenvalue weighted by Gasteiger charge is -2.19. The average Bonchev–Trinajstić information content (AvgIpc) is 2.64. The molecule has 0 saturated carbocycles. The van der Waals surface area contributed by atoms with Crippen molar-refractivity contribution in [2.24, 2.45) is 0 Å². The van der Waals surface area contributed by atoms with Crippen molar-refractivity contribution in [1.29, 1.82) is 0 Å². The number of amides is 1. The molecule has 0 aliphatic rings. The predicted molar refractivity (Wildman–Crippen MR) is 103 cm³/mol. The molecule has 0 unspecified atom stereocenters. The van der Waals surface area contributed by atoms with E-state index >= 15 is 0 Å². The summed E-state index contributed by atoms with van der Waals surface area (Å²) in [6, 6.07) is 12.9. The summed E-state index contributed by atoms with van der Waals surface area (Å²) in [6.45, 7) is 5.33. The van der Waals surface area contributed by atoms with Crippen molar-refractivity contribution in [2.45, 2.75) is 33.0 Å². The number of anilines is 1. The van der Waals surface area contributed by atoms with E-state index in [-0.39, 0.29) is 6.61 Å². The zero-order valence-electron chi connectivity index (χ0n) is 16.3. The maximum absolute atomic E-state index is 12.3.